The summed E-state index contributed by atoms with van der Waals surface area (Å²) in [4.78, 5) is 31.0. The van der Waals surface area contributed by atoms with E-state index in [0.717, 1.165) is 17.0 Å². The van der Waals surface area contributed by atoms with Crippen molar-refractivity contribution in [2.45, 2.75) is 19.0 Å². The number of benzene rings is 1. The Morgan fingerprint density at radius 1 is 1.33 bits per heavy atom. The molecule has 0 spiro atoms. The van der Waals surface area contributed by atoms with E-state index in [2.05, 4.69) is 25.5 Å². The summed E-state index contributed by atoms with van der Waals surface area (Å²) < 4.78 is 0. The summed E-state index contributed by atoms with van der Waals surface area (Å²) in [7, 11) is 0. The number of azo groups is 1. The van der Waals surface area contributed by atoms with E-state index >= 15 is 0 Å². The maximum atomic E-state index is 12.4. The van der Waals surface area contributed by atoms with Gasteiger partial charge in [0.1, 0.15) is 0 Å². The molecule has 0 radical (unpaired) electrons. The summed E-state index contributed by atoms with van der Waals surface area (Å²) in [5.74, 6) is -0.185. The average Bonchev–Trinajstić information content (AvgIpc) is 3.14. The van der Waals surface area contributed by atoms with Gasteiger partial charge in [-0.15, -0.1) is 0 Å². The molecule has 9 heteroatoms. The minimum atomic E-state index is -0.728. The number of H-pyrrole nitrogens is 1. The quantitative estimate of drug-likeness (QED) is 0.521. The first kappa shape index (κ1) is 18.8. The van der Waals surface area contributed by atoms with Crippen molar-refractivity contribution in [1.82, 2.24) is 9.97 Å². The second-order valence-corrected chi connectivity index (χ2v) is 7.33. The van der Waals surface area contributed by atoms with E-state index in [1.165, 1.54) is 11.8 Å². The number of anilines is 1. The van der Waals surface area contributed by atoms with Gasteiger partial charge in [-0.05, 0) is 24.1 Å². The first-order chi connectivity index (χ1) is 12.9. The summed E-state index contributed by atoms with van der Waals surface area (Å²) in [5.41, 5.74) is 1.04. The highest BCUT2D eigenvalue weighted by Gasteiger charge is 2.19. The van der Waals surface area contributed by atoms with Gasteiger partial charge >= 0.3 is 0 Å². The molecule has 0 aliphatic carbocycles. The number of amides is 1. The Hall–Kier alpha value is -2.94. The van der Waals surface area contributed by atoms with Crippen molar-refractivity contribution in [3.05, 3.63) is 51.8 Å². The van der Waals surface area contributed by atoms with Gasteiger partial charge in [0.25, 0.3) is 11.5 Å². The van der Waals surface area contributed by atoms with E-state index < -0.39 is 22.9 Å². The fourth-order valence-corrected chi connectivity index (χ4v) is 3.15. The maximum absolute atomic E-state index is 12.4. The number of nitrogens with one attached hydrogen (secondary N) is 2. The van der Waals surface area contributed by atoms with Gasteiger partial charge in [-0.2, -0.15) is 15.2 Å². The van der Waals surface area contributed by atoms with Crippen LogP contribution in [-0.4, -0.2) is 33.3 Å². The number of rotatable bonds is 6. The zero-order valence-corrected chi connectivity index (χ0v) is 15.7. The van der Waals surface area contributed by atoms with Crippen LogP contribution in [0.5, 0.6) is 5.88 Å². The molecule has 8 nitrogen and oxygen atoms in total. The predicted octanol–water partition coefficient (Wildman–Crippen LogP) is 3.28. The molecule has 1 aliphatic rings. The molecule has 0 bridgehead atoms. The van der Waals surface area contributed by atoms with Gasteiger partial charge in [0, 0.05) is 17.0 Å². The van der Waals surface area contributed by atoms with Crippen LogP contribution >= 0.6 is 11.8 Å². The van der Waals surface area contributed by atoms with E-state index in [4.69, 9.17) is 0 Å². The van der Waals surface area contributed by atoms with Crippen molar-refractivity contribution in [2.24, 2.45) is 16.1 Å². The minimum Gasteiger partial charge on any atom is -0.493 e. The molecule has 1 aromatic carbocycles. The molecule has 0 saturated carbocycles. The first-order valence-corrected chi connectivity index (χ1v) is 9.38. The Bertz CT molecular complexity index is 964. The smallest absolute Gasteiger partial charge is 0.268 e. The van der Waals surface area contributed by atoms with Crippen LogP contribution in [0.2, 0.25) is 0 Å². The Morgan fingerprint density at radius 2 is 2.07 bits per heavy atom. The molecule has 1 amide bonds. The van der Waals surface area contributed by atoms with E-state index in [1.54, 1.807) is 24.3 Å². The predicted molar refractivity (Wildman–Crippen MR) is 104 cm³/mol. The molecular weight excluding hydrogens is 366 g/mol. The molecular formula is C18H19N5O3S. The van der Waals surface area contributed by atoms with Crippen molar-refractivity contribution in [3.63, 3.8) is 0 Å². The second-order valence-electron chi connectivity index (χ2n) is 6.32. The van der Waals surface area contributed by atoms with Gasteiger partial charge in [0.2, 0.25) is 5.88 Å². The third-order valence-electron chi connectivity index (χ3n) is 3.64. The number of nitrogens with zero attached hydrogens (tertiary/aromatic N) is 3. The van der Waals surface area contributed by atoms with Crippen LogP contribution < -0.4 is 10.9 Å². The number of aromatic amines is 1. The Morgan fingerprint density at radius 3 is 2.67 bits per heavy atom. The van der Waals surface area contributed by atoms with Crippen molar-refractivity contribution >= 4 is 29.1 Å². The van der Waals surface area contributed by atoms with Crippen molar-refractivity contribution in [3.8, 4) is 5.88 Å². The summed E-state index contributed by atoms with van der Waals surface area (Å²) >= 11 is 1.31. The van der Waals surface area contributed by atoms with Gasteiger partial charge in [-0.3, -0.25) is 9.59 Å². The number of carbonyl (C=O) groups is 1. The fourth-order valence-electron chi connectivity index (χ4n) is 2.34. The van der Waals surface area contributed by atoms with Crippen LogP contribution in [0.25, 0.3) is 5.70 Å². The molecule has 2 aromatic rings. The van der Waals surface area contributed by atoms with E-state index in [1.807, 2.05) is 19.9 Å². The molecule has 0 fully saturated rings. The molecule has 27 heavy (non-hydrogen) atoms. The summed E-state index contributed by atoms with van der Waals surface area (Å²) in [6, 6.07) is 6.96. The van der Waals surface area contributed by atoms with E-state index in [9.17, 15) is 14.7 Å². The highest BCUT2D eigenvalue weighted by atomic mass is 32.2. The van der Waals surface area contributed by atoms with Crippen LogP contribution in [-0.2, 0) is 0 Å². The molecule has 0 saturated heterocycles. The SMILES string of the molecule is CC(C)CSc1nc(O)c(C(=O)Nc2ccc(C3=CCN=N3)cc2)c(=O)[nH]1. The van der Waals surface area contributed by atoms with Crippen LogP contribution in [0.1, 0.15) is 29.8 Å². The lowest BCUT2D eigenvalue weighted by atomic mass is 10.1. The summed E-state index contributed by atoms with van der Waals surface area (Å²) in [6.07, 6.45) is 1.90. The van der Waals surface area contributed by atoms with Crippen LogP contribution in [0, 0.1) is 5.92 Å². The van der Waals surface area contributed by atoms with Gasteiger partial charge in [-0.25, -0.2) is 0 Å². The largest absolute Gasteiger partial charge is 0.493 e. The van der Waals surface area contributed by atoms with Crippen molar-refractivity contribution in [2.75, 3.05) is 17.6 Å². The maximum Gasteiger partial charge on any atom is 0.268 e. The number of hydrogen-bond donors (Lipinski definition) is 3. The number of aromatic hydroxyl groups is 1. The summed E-state index contributed by atoms with van der Waals surface area (Å²) in [5, 5.41) is 20.8. The minimum absolute atomic E-state index is 0.283. The molecule has 1 aliphatic heterocycles. The van der Waals surface area contributed by atoms with Gasteiger partial charge in [0.05, 0.1) is 12.2 Å². The summed E-state index contributed by atoms with van der Waals surface area (Å²) in [6.45, 7) is 4.63. The monoisotopic (exact) mass is 385 g/mol. The normalized spacial score (nSPS) is 13.1. The van der Waals surface area contributed by atoms with Crippen LogP contribution in [0.4, 0.5) is 5.69 Å². The molecule has 140 valence electrons. The van der Waals surface area contributed by atoms with Gasteiger partial charge < -0.3 is 15.4 Å². The lowest BCUT2D eigenvalue weighted by Crippen LogP contribution is -2.24. The van der Waals surface area contributed by atoms with Crippen LogP contribution in [0.15, 0.2) is 50.5 Å². The fraction of sp³-hybridized carbons (Fsp3) is 0.278. The number of carbonyl (C=O) groups excluding carboxylic acids is 1. The molecule has 0 unspecified atom stereocenters. The zero-order valence-electron chi connectivity index (χ0n) is 14.9. The van der Waals surface area contributed by atoms with Crippen LogP contribution in [0.3, 0.4) is 0 Å². The average molecular weight is 385 g/mol. The topological polar surface area (TPSA) is 120 Å². The molecule has 1 aromatic heterocycles. The van der Waals surface area contributed by atoms with Crippen molar-refractivity contribution < 1.29 is 9.90 Å². The third kappa shape index (κ3) is 4.62. The second kappa shape index (κ2) is 8.17. The standard InChI is InChI=1S/C18H19N5O3S/c1-10(2)9-27-18-21-16(25)14(17(26)22-18)15(24)20-12-5-3-11(4-6-12)13-7-8-19-23-13/h3-7,10H,8-9H2,1-2H3,(H,20,24)(H2,21,22,25,26). The van der Waals surface area contributed by atoms with Gasteiger partial charge in [0.15, 0.2) is 10.7 Å². The first-order valence-electron chi connectivity index (χ1n) is 8.39. The van der Waals surface area contributed by atoms with E-state index in [0.29, 0.717) is 18.2 Å². The number of hydrogen-bond acceptors (Lipinski definition) is 7. The highest BCUT2D eigenvalue weighted by molar-refractivity contribution is 7.99. The Labute approximate surface area is 159 Å². The molecule has 0 atom stereocenters. The molecule has 2 heterocycles. The number of thioether (sulfide) groups is 1. The lowest BCUT2D eigenvalue weighted by molar-refractivity contribution is 0.102. The molecule has 3 N–H and O–H groups in total. The van der Waals surface area contributed by atoms with Gasteiger partial charge in [-0.1, -0.05) is 37.7 Å². The van der Waals surface area contributed by atoms with E-state index in [-0.39, 0.29) is 5.16 Å². The highest BCUT2D eigenvalue weighted by Crippen LogP contribution is 2.23. The Kier molecular flexibility index (Phi) is 5.70. The Balaban J connectivity index is 1.74. The number of aromatic nitrogens is 2. The lowest BCUT2D eigenvalue weighted by Gasteiger charge is -2.08. The molecule has 3 rings (SSSR count). The zero-order chi connectivity index (χ0) is 19.4. The third-order valence-corrected chi connectivity index (χ3v) is 4.94. The van der Waals surface area contributed by atoms with Crippen molar-refractivity contribution in [1.29, 1.82) is 0 Å².